The molecule has 0 saturated carbocycles. The summed E-state index contributed by atoms with van der Waals surface area (Å²) in [7, 11) is 0. The molecule has 1 aromatic heterocycles. The highest BCUT2D eigenvalue weighted by molar-refractivity contribution is 6.30. The van der Waals surface area contributed by atoms with E-state index in [0.717, 1.165) is 4.68 Å². The maximum Gasteiger partial charge on any atom is 0.365 e. The average Bonchev–Trinajstić information content (AvgIpc) is 2.64. The van der Waals surface area contributed by atoms with E-state index in [1.165, 1.54) is 31.3 Å². The van der Waals surface area contributed by atoms with E-state index in [1.54, 1.807) is 31.2 Å². The lowest BCUT2D eigenvalue weighted by molar-refractivity contribution is -0.119. The lowest BCUT2D eigenvalue weighted by atomic mass is 10.2. The zero-order valence-electron chi connectivity index (χ0n) is 14.6. The second-order valence-electron chi connectivity index (χ2n) is 6.00. The van der Waals surface area contributed by atoms with Crippen LogP contribution in [-0.4, -0.2) is 20.7 Å². The van der Waals surface area contributed by atoms with Gasteiger partial charge in [0.05, 0.1) is 11.9 Å². The number of rotatable bonds is 4. The Kier molecular flexibility index (Phi) is 5.32. The molecule has 3 aromatic rings. The van der Waals surface area contributed by atoms with Gasteiger partial charge in [0, 0.05) is 16.3 Å². The van der Waals surface area contributed by atoms with Gasteiger partial charge in [-0.15, -0.1) is 0 Å². The van der Waals surface area contributed by atoms with Crippen LogP contribution in [0.1, 0.15) is 18.5 Å². The fraction of sp³-hybridized carbons (Fsp3) is 0.158. The first-order chi connectivity index (χ1) is 12.8. The molecule has 1 N–H and O–H groups in total. The van der Waals surface area contributed by atoms with Gasteiger partial charge in [-0.05, 0) is 49.7 Å². The minimum absolute atomic E-state index is 0.384. The molecule has 0 radical (unpaired) electrons. The molecule has 6 nitrogen and oxygen atoms in total. The number of hydrogen-bond acceptors (Lipinski definition) is 4. The van der Waals surface area contributed by atoms with Gasteiger partial charge in [0.25, 0.3) is 0 Å². The van der Waals surface area contributed by atoms with Crippen molar-refractivity contribution in [2.75, 3.05) is 5.32 Å². The van der Waals surface area contributed by atoms with Crippen LogP contribution in [0.4, 0.5) is 10.1 Å². The van der Waals surface area contributed by atoms with E-state index in [2.05, 4.69) is 15.4 Å². The van der Waals surface area contributed by atoms with Crippen molar-refractivity contribution in [3.8, 4) is 11.3 Å². The van der Waals surface area contributed by atoms with Gasteiger partial charge in [-0.1, -0.05) is 23.7 Å². The molecular weight excluding hydrogens is 371 g/mol. The molecule has 0 saturated heterocycles. The Hall–Kier alpha value is -3.06. The van der Waals surface area contributed by atoms with Crippen molar-refractivity contribution in [2.45, 2.75) is 19.9 Å². The molecule has 0 aliphatic heterocycles. The number of carbonyl (C=O) groups excluding carboxylic acids is 1. The molecule has 1 heterocycles. The Balaban J connectivity index is 1.81. The summed E-state index contributed by atoms with van der Waals surface area (Å²) >= 11 is 5.85. The van der Waals surface area contributed by atoms with Crippen LogP contribution in [0.2, 0.25) is 5.02 Å². The number of halogens is 2. The van der Waals surface area contributed by atoms with Gasteiger partial charge in [0.2, 0.25) is 5.91 Å². The Morgan fingerprint density at radius 2 is 1.93 bits per heavy atom. The third-order valence-corrected chi connectivity index (χ3v) is 4.30. The molecule has 1 unspecified atom stereocenters. The average molecular weight is 387 g/mol. The molecule has 2 aromatic carbocycles. The normalized spacial score (nSPS) is 11.9. The second kappa shape index (κ2) is 7.67. The first-order valence-corrected chi connectivity index (χ1v) is 8.52. The maximum atomic E-state index is 13.2. The maximum absolute atomic E-state index is 13.2. The highest BCUT2D eigenvalue weighted by Crippen LogP contribution is 2.19. The predicted molar refractivity (Wildman–Crippen MR) is 101 cm³/mol. The van der Waals surface area contributed by atoms with Gasteiger partial charge < -0.3 is 5.32 Å². The Bertz CT molecular complexity index is 1050. The summed E-state index contributed by atoms with van der Waals surface area (Å²) in [5, 5.41) is 7.30. The molecule has 0 aliphatic rings. The first kappa shape index (κ1) is 18.7. The van der Waals surface area contributed by atoms with Gasteiger partial charge in [-0.25, -0.2) is 13.9 Å². The van der Waals surface area contributed by atoms with Crippen LogP contribution in [0, 0.1) is 12.7 Å². The van der Waals surface area contributed by atoms with Gasteiger partial charge in [0.1, 0.15) is 11.9 Å². The molecule has 27 heavy (non-hydrogen) atoms. The van der Waals surface area contributed by atoms with E-state index in [0.29, 0.717) is 27.5 Å². The zero-order chi connectivity index (χ0) is 19.6. The fourth-order valence-corrected chi connectivity index (χ4v) is 2.62. The molecule has 8 heteroatoms. The van der Waals surface area contributed by atoms with Crippen LogP contribution in [0.15, 0.2) is 53.5 Å². The smallest absolute Gasteiger partial charge is 0.324 e. The van der Waals surface area contributed by atoms with Crippen LogP contribution in [0.3, 0.4) is 0 Å². The molecule has 0 spiro atoms. The van der Waals surface area contributed by atoms with Crippen molar-refractivity contribution >= 4 is 23.2 Å². The molecule has 3 rings (SSSR count). The molecule has 138 valence electrons. The molecule has 0 fully saturated rings. The van der Waals surface area contributed by atoms with Crippen molar-refractivity contribution in [3.05, 3.63) is 75.5 Å². The van der Waals surface area contributed by atoms with E-state index < -0.39 is 23.5 Å². The first-order valence-electron chi connectivity index (χ1n) is 8.14. The van der Waals surface area contributed by atoms with E-state index in [1.807, 2.05) is 0 Å². The van der Waals surface area contributed by atoms with Gasteiger partial charge in [-0.3, -0.25) is 4.79 Å². The summed E-state index contributed by atoms with van der Waals surface area (Å²) in [6.07, 6.45) is 1.41. The molecular formula is C19H16ClFN4O2. The second-order valence-corrected chi connectivity index (χ2v) is 6.44. The van der Waals surface area contributed by atoms with Crippen molar-refractivity contribution in [1.82, 2.24) is 14.8 Å². The minimum atomic E-state index is -0.895. The Labute approximate surface area is 159 Å². The number of nitrogens with zero attached hydrogens (tertiary/aromatic N) is 3. The number of aromatic nitrogens is 3. The molecule has 1 atom stereocenters. The number of anilines is 1. The Morgan fingerprint density at radius 3 is 2.56 bits per heavy atom. The monoisotopic (exact) mass is 386 g/mol. The highest BCUT2D eigenvalue weighted by Gasteiger charge is 2.19. The van der Waals surface area contributed by atoms with E-state index in [9.17, 15) is 14.0 Å². The van der Waals surface area contributed by atoms with E-state index in [-0.39, 0.29) is 0 Å². The van der Waals surface area contributed by atoms with Crippen LogP contribution in [0.25, 0.3) is 11.3 Å². The van der Waals surface area contributed by atoms with Crippen molar-refractivity contribution in [2.24, 2.45) is 0 Å². The van der Waals surface area contributed by atoms with Crippen LogP contribution in [0.5, 0.6) is 0 Å². The molecule has 1 amide bonds. The third-order valence-electron chi connectivity index (χ3n) is 4.05. The van der Waals surface area contributed by atoms with Gasteiger partial charge in [0.15, 0.2) is 0 Å². The van der Waals surface area contributed by atoms with Crippen LogP contribution in [-0.2, 0) is 4.79 Å². The van der Waals surface area contributed by atoms with Gasteiger partial charge in [-0.2, -0.15) is 10.1 Å². The lowest BCUT2D eigenvalue weighted by Gasteiger charge is -2.15. The van der Waals surface area contributed by atoms with Crippen molar-refractivity contribution < 1.29 is 9.18 Å². The molecule has 0 bridgehead atoms. The van der Waals surface area contributed by atoms with Gasteiger partial charge >= 0.3 is 5.69 Å². The summed E-state index contributed by atoms with van der Waals surface area (Å²) in [5.41, 5.74) is 1.46. The number of carbonyl (C=O) groups is 1. The largest absolute Gasteiger partial charge is 0.365 e. The Morgan fingerprint density at radius 1 is 1.22 bits per heavy atom. The van der Waals surface area contributed by atoms with E-state index >= 15 is 0 Å². The topological polar surface area (TPSA) is 76.9 Å². The number of amides is 1. The summed E-state index contributed by atoms with van der Waals surface area (Å²) in [6.45, 7) is 3.21. The van der Waals surface area contributed by atoms with Crippen molar-refractivity contribution in [3.63, 3.8) is 0 Å². The number of nitrogens with one attached hydrogen (secondary N) is 1. The standard InChI is InChI=1S/C19H16ClFN4O2/c1-11-9-15(21)7-8-16(11)23-18(26)12(2)25-19(27)24-17(10-22-25)13-3-5-14(20)6-4-13/h3-10,12H,1-2H3,(H,23,26). The number of benzene rings is 2. The summed E-state index contributed by atoms with van der Waals surface area (Å²) in [5.74, 6) is -0.848. The summed E-state index contributed by atoms with van der Waals surface area (Å²) in [6, 6.07) is 9.96. The fourth-order valence-electron chi connectivity index (χ4n) is 2.49. The lowest BCUT2D eigenvalue weighted by Crippen LogP contribution is -2.35. The minimum Gasteiger partial charge on any atom is -0.324 e. The SMILES string of the molecule is Cc1cc(F)ccc1NC(=O)C(C)n1ncc(-c2ccc(Cl)cc2)nc1=O. The zero-order valence-corrected chi connectivity index (χ0v) is 15.4. The third kappa shape index (κ3) is 4.20. The highest BCUT2D eigenvalue weighted by atomic mass is 35.5. The summed E-state index contributed by atoms with van der Waals surface area (Å²) < 4.78 is 14.2. The number of aryl methyl sites for hydroxylation is 1. The number of hydrogen-bond donors (Lipinski definition) is 1. The van der Waals surface area contributed by atoms with Crippen LogP contribution >= 0.6 is 11.6 Å². The van der Waals surface area contributed by atoms with Crippen molar-refractivity contribution in [1.29, 1.82) is 0 Å². The van der Waals surface area contributed by atoms with E-state index in [4.69, 9.17) is 11.6 Å². The van der Waals surface area contributed by atoms with Crippen LogP contribution < -0.4 is 11.0 Å². The summed E-state index contributed by atoms with van der Waals surface area (Å²) in [4.78, 5) is 28.8. The quantitative estimate of drug-likeness (QED) is 0.743. The predicted octanol–water partition coefficient (Wildman–Crippen LogP) is 3.61. The molecule has 0 aliphatic carbocycles.